The number of nitrogens with two attached hydrogens (primary N) is 1. The van der Waals surface area contributed by atoms with E-state index in [4.69, 9.17) is 10.5 Å². The van der Waals surface area contributed by atoms with Gasteiger partial charge in [-0.05, 0) is 12.5 Å². The number of primary amides is 1. The van der Waals surface area contributed by atoms with Crippen LogP contribution in [0.25, 0.3) is 0 Å². The van der Waals surface area contributed by atoms with Crippen LogP contribution in [-0.4, -0.2) is 36.3 Å². The van der Waals surface area contributed by atoms with Crippen LogP contribution in [0.15, 0.2) is 30.3 Å². The minimum Gasteiger partial charge on any atom is -0.445 e. The summed E-state index contributed by atoms with van der Waals surface area (Å²) in [6.45, 7) is 1.52. The van der Waals surface area contributed by atoms with E-state index in [0.717, 1.165) is 5.56 Å². The molecule has 1 atom stereocenters. The molecule has 1 unspecified atom stereocenters. The number of hydrogen-bond acceptors (Lipinski definition) is 5. The third kappa shape index (κ3) is 7.07. The van der Waals surface area contributed by atoms with E-state index < -0.39 is 29.7 Å². The van der Waals surface area contributed by atoms with Gasteiger partial charge < -0.3 is 21.1 Å². The van der Waals surface area contributed by atoms with Gasteiger partial charge in [-0.15, -0.1) is 0 Å². The fraction of sp³-hybridized carbons (Fsp3) is 0.333. The summed E-state index contributed by atoms with van der Waals surface area (Å²) in [7, 11) is 0. The van der Waals surface area contributed by atoms with Gasteiger partial charge in [0.1, 0.15) is 6.61 Å². The van der Waals surface area contributed by atoms with Crippen molar-refractivity contribution < 1.29 is 23.9 Å². The Kier molecular flexibility index (Phi) is 7.25. The van der Waals surface area contributed by atoms with Crippen molar-refractivity contribution in [1.29, 1.82) is 0 Å². The predicted molar refractivity (Wildman–Crippen MR) is 81.1 cm³/mol. The molecule has 8 nitrogen and oxygen atoms in total. The van der Waals surface area contributed by atoms with Crippen LogP contribution in [-0.2, 0) is 25.7 Å². The molecule has 0 aliphatic rings. The lowest BCUT2D eigenvalue weighted by molar-refractivity contribution is -0.138. The van der Waals surface area contributed by atoms with Gasteiger partial charge in [0.2, 0.25) is 11.7 Å². The Morgan fingerprint density at radius 2 is 1.83 bits per heavy atom. The molecule has 0 radical (unpaired) electrons. The Bertz CT molecular complexity index is 574. The van der Waals surface area contributed by atoms with E-state index in [1.54, 1.807) is 0 Å². The summed E-state index contributed by atoms with van der Waals surface area (Å²) in [5.41, 5.74) is 5.67. The molecule has 1 rings (SSSR count). The number of ether oxygens (including phenoxy) is 1. The van der Waals surface area contributed by atoms with Gasteiger partial charge in [-0.1, -0.05) is 30.3 Å². The first-order valence-corrected chi connectivity index (χ1v) is 6.97. The van der Waals surface area contributed by atoms with E-state index in [0.29, 0.717) is 0 Å². The van der Waals surface area contributed by atoms with E-state index in [1.165, 1.54) is 6.92 Å². The van der Waals surface area contributed by atoms with E-state index in [2.05, 4.69) is 10.6 Å². The first kappa shape index (κ1) is 18.1. The van der Waals surface area contributed by atoms with Gasteiger partial charge in [-0.2, -0.15) is 0 Å². The minimum absolute atomic E-state index is 0.0386. The van der Waals surface area contributed by atoms with E-state index in [1.807, 2.05) is 30.3 Å². The smallest absolute Gasteiger partial charge is 0.407 e. The predicted octanol–water partition coefficient (Wildman–Crippen LogP) is -0.138. The average Bonchev–Trinajstić information content (AvgIpc) is 2.53. The van der Waals surface area contributed by atoms with Crippen molar-refractivity contribution in [2.75, 3.05) is 6.54 Å². The molecule has 3 amide bonds. The van der Waals surface area contributed by atoms with Crippen LogP contribution < -0.4 is 16.4 Å². The van der Waals surface area contributed by atoms with Gasteiger partial charge in [0, 0.05) is 13.0 Å². The number of carbonyl (C=O) groups excluding carboxylic acids is 4. The van der Waals surface area contributed by atoms with Crippen LogP contribution >= 0.6 is 0 Å². The van der Waals surface area contributed by atoms with Crippen LogP contribution in [0.2, 0.25) is 0 Å². The molecular weight excluding hydrogens is 302 g/mol. The van der Waals surface area contributed by atoms with Gasteiger partial charge in [0.05, 0.1) is 6.04 Å². The highest BCUT2D eigenvalue weighted by atomic mass is 16.5. The maximum atomic E-state index is 11.5. The third-order valence-corrected chi connectivity index (χ3v) is 2.85. The highest BCUT2D eigenvalue weighted by Gasteiger charge is 2.20. The summed E-state index contributed by atoms with van der Waals surface area (Å²) in [6.07, 6.45) is -0.709. The maximum Gasteiger partial charge on any atom is 0.407 e. The fourth-order valence-electron chi connectivity index (χ4n) is 1.64. The molecule has 0 spiro atoms. The van der Waals surface area contributed by atoms with Crippen LogP contribution in [0.1, 0.15) is 18.9 Å². The van der Waals surface area contributed by atoms with E-state index in [-0.39, 0.29) is 19.6 Å². The van der Waals surface area contributed by atoms with Crippen LogP contribution in [0.3, 0.4) is 0 Å². The molecule has 0 aliphatic carbocycles. The van der Waals surface area contributed by atoms with Crippen molar-refractivity contribution in [3.05, 3.63) is 35.9 Å². The zero-order valence-electron chi connectivity index (χ0n) is 12.7. The number of amides is 3. The van der Waals surface area contributed by atoms with Crippen molar-refractivity contribution in [2.45, 2.75) is 26.0 Å². The first-order valence-electron chi connectivity index (χ1n) is 6.97. The molecule has 0 saturated carbocycles. The number of benzene rings is 1. The number of hydrogen-bond donors (Lipinski definition) is 3. The summed E-state index contributed by atoms with van der Waals surface area (Å²) < 4.78 is 4.96. The second kappa shape index (κ2) is 9.19. The SMILES string of the molecule is CC(NC(=O)CCNC(=O)OCc1ccccc1)C(=O)C(N)=O. The van der Waals surface area contributed by atoms with E-state index >= 15 is 0 Å². The standard InChI is InChI=1S/C15H19N3O5/c1-10(13(20)14(16)21)18-12(19)7-8-17-15(22)23-9-11-5-3-2-4-6-11/h2-6,10H,7-9H2,1H3,(H2,16,21)(H,17,22)(H,18,19). The lowest BCUT2D eigenvalue weighted by Crippen LogP contribution is -2.44. The molecular formula is C15H19N3O5. The number of Topliss-reactive ketones (excluding diaryl/α,β-unsaturated/α-hetero) is 1. The normalized spacial score (nSPS) is 11.2. The van der Waals surface area contributed by atoms with Gasteiger partial charge in [-0.3, -0.25) is 14.4 Å². The van der Waals surface area contributed by atoms with Gasteiger partial charge >= 0.3 is 6.09 Å². The lowest BCUT2D eigenvalue weighted by atomic mass is 10.2. The zero-order chi connectivity index (χ0) is 17.2. The van der Waals surface area contributed by atoms with Crippen molar-refractivity contribution in [3.8, 4) is 0 Å². The third-order valence-electron chi connectivity index (χ3n) is 2.85. The maximum absolute atomic E-state index is 11.5. The second-order valence-corrected chi connectivity index (χ2v) is 4.76. The molecule has 0 heterocycles. The molecule has 0 aliphatic heterocycles. The molecule has 124 valence electrons. The number of rotatable bonds is 8. The topological polar surface area (TPSA) is 128 Å². The summed E-state index contributed by atoms with van der Waals surface area (Å²) in [4.78, 5) is 44.8. The Morgan fingerprint density at radius 1 is 1.17 bits per heavy atom. The Balaban J connectivity index is 2.20. The van der Waals surface area contributed by atoms with E-state index in [9.17, 15) is 19.2 Å². The highest BCUT2D eigenvalue weighted by Crippen LogP contribution is 2.00. The Morgan fingerprint density at radius 3 is 2.43 bits per heavy atom. The van der Waals surface area contributed by atoms with Crippen molar-refractivity contribution >= 4 is 23.7 Å². The molecule has 1 aromatic carbocycles. The number of nitrogens with one attached hydrogen (secondary N) is 2. The van der Waals surface area contributed by atoms with Crippen LogP contribution in [0.5, 0.6) is 0 Å². The molecule has 0 aromatic heterocycles. The van der Waals surface area contributed by atoms with Crippen LogP contribution in [0, 0.1) is 0 Å². The molecule has 0 bridgehead atoms. The Hall–Kier alpha value is -2.90. The number of alkyl carbamates (subject to hydrolysis) is 1. The molecule has 0 saturated heterocycles. The molecule has 0 fully saturated rings. The van der Waals surface area contributed by atoms with Crippen molar-refractivity contribution in [2.24, 2.45) is 5.73 Å². The van der Waals surface area contributed by atoms with Crippen LogP contribution in [0.4, 0.5) is 4.79 Å². The monoisotopic (exact) mass is 321 g/mol. The number of ketones is 1. The molecule has 23 heavy (non-hydrogen) atoms. The van der Waals surface area contributed by atoms with Gasteiger partial charge in [0.15, 0.2) is 0 Å². The fourth-order valence-corrected chi connectivity index (χ4v) is 1.64. The van der Waals surface area contributed by atoms with Gasteiger partial charge in [-0.25, -0.2) is 4.79 Å². The zero-order valence-corrected chi connectivity index (χ0v) is 12.7. The van der Waals surface area contributed by atoms with Crippen molar-refractivity contribution in [1.82, 2.24) is 10.6 Å². The first-order chi connectivity index (χ1) is 10.9. The summed E-state index contributed by atoms with van der Waals surface area (Å²) in [5.74, 6) is -2.48. The average molecular weight is 321 g/mol. The number of carbonyl (C=O) groups is 4. The highest BCUT2D eigenvalue weighted by molar-refractivity contribution is 6.37. The quantitative estimate of drug-likeness (QED) is 0.574. The largest absolute Gasteiger partial charge is 0.445 e. The van der Waals surface area contributed by atoms with Gasteiger partial charge in [0.25, 0.3) is 5.91 Å². The molecule has 1 aromatic rings. The Labute approximate surface area is 133 Å². The molecule has 4 N–H and O–H groups in total. The minimum atomic E-state index is -1.11. The molecule has 8 heteroatoms. The summed E-state index contributed by atoms with van der Waals surface area (Å²) in [5, 5.41) is 4.72. The summed E-state index contributed by atoms with van der Waals surface area (Å²) >= 11 is 0. The second-order valence-electron chi connectivity index (χ2n) is 4.76. The van der Waals surface area contributed by atoms with Crippen molar-refractivity contribution in [3.63, 3.8) is 0 Å². The summed E-state index contributed by atoms with van der Waals surface area (Å²) in [6, 6.07) is 8.15. The lowest BCUT2D eigenvalue weighted by Gasteiger charge is -2.11.